The molecule has 0 N–H and O–H groups in total. The fourth-order valence-electron chi connectivity index (χ4n) is 4.34. The van der Waals surface area contributed by atoms with Gasteiger partial charge < -0.3 is 4.74 Å². The van der Waals surface area contributed by atoms with Crippen LogP contribution in [0.1, 0.15) is 30.5 Å². The van der Waals surface area contributed by atoms with Crippen molar-refractivity contribution in [3.63, 3.8) is 0 Å². The first kappa shape index (κ1) is 20.9. The number of hydrogen-bond acceptors (Lipinski definition) is 6. The van der Waals surface area contributed by atoms with Crippen molar-refractivity contribution in [1.29, 1.82) is 0 Å². The fourth-order valence-corrected chi connectivity index (χ4v) is 5.21. The molecular formula is C26H23N5O2S. The van der Waals surface area contributed by atoms with Crippen LogP contribution in [0.2, 0.25) is 0 Å². The average Bonchev–Trinajstić information content (AvgIpc) is 3.66. The van der Waals surface area contributed by atoms with E-state index in [-0.39, 0.29) is 17.7 Å². The standard InChI is InChI=1S/C26H23N5O2S/c32-24(17-34-26-29-28-25(30(26)20-12-13-20)19-9-6-14-27-15-19)31-21-10-4-5-11-23(21)33-16-22(31)18-7-2-1-3-8-18/h1-11,14-15,20,22H,12-13,16-17H2. The Hall–Kier alpha value is -3.65. The Balaban J connectivity index is 1.28. The van der Waals surface area contributed by atoms with Gasteiger partial charge in [-0.3, -0.25) is 19.2 Å². The molecule has 1 fully saturated rings. The van der Waals surface area contributed by atoms with Crippen LogP contribution >= 0.6 is 11.8 Å². The second-order valence-corrected chi connectivity index (χ2v) is 9.35. The van der Waals surface area contributed by atoms with Gasteiger partial charge in [0, 0.05) is 24.0 Å². The molecule has 34 heavy (non-hydrogen) atoms. The fraction of sp³-hybridized carbons (Fsp3) is 0.231. The predicted octanol–water partition coefficient (Wildman–Crippen LogP) is 4.93. The molecule has 6 rings (SSSR count). The number of carbonyl (C=O) groups excluding carboxylic acids is 1. The highest BCUT2D eigenvalue weighted by Crippen LogP contribution is 2.42. The number of pyridine rings is 1. The number of ether oxygens (including phenoxy) is 1. The molecule has 170 valence electrons. The Morgan fingerprint density at radius 2 is 1.82 bits per heavy atom. The predicted molar refractivity (Wildman–Crippen MR) is 131 cm³/mol. The Bertz CT molecular complexity index is 1310. The van der Waals surface area contributed by atoms with Gasteiger partial charge in [0.05, 0.1) is 17.5 Å². The number of nitrogens with zero attached hydrogens (tertiary/aromatic N) is 5. The molecule has 1 aliphatic carbocycles. The van der Waals surface area contributed by atoms with Gasteiger partial charge in [0.2, 0.25) is 5.91 Å². The van der Waals surface area contributed by atoms with Gasteiger partial charge in [0.1, 0.15) is 12.4 Å². The first-order valence-corrected chi connectivity index (χ1v) is 12.3. The number of benzene rings is 2. The number of anilines is 1. The summed E-state index contributed by atoms with van der Waals surface area (Å²) in [7, 11) is 0. The third kappa shape index (κ3) is 3.94. The lowest BCUT2D eigenvalue weighted by Crippen LogP contribution is -2.42. The zero-order chi connectivity index (χ0) is 22.9. The maximum atomic E-state index is 13.7. The van der Waals surface area contributed by atoms with Crippen molar-refractivity contribution in [2.75, 3.05) is 17.3 Å². The number of amides is 1. The Morgan fingerprint density at radius 3 is 2.62 bits per heavy atom. The highest BCUT2D eigenvalue weighted by Gasteiger charge is 2.34. The van der Waals surface area contributed by atoms with Crippen LogP contribution in [-0.2, 0) is 4.79 Å². The Kier molecular flexibility index (Phi) is 5.50. The summed E-state index contributed by atoms with van der Waals surface area (Å²) in [6, 6.07) is 21.9. The lowest BCUT2D eigenvalue weighted by Gasteiger charge is -2.37. The van der Waals surface area contributed by atoms with Gasteiger partial charge in [-0.25, -0.2) is 0 Å². The number of fused-ring (bicyclic) bond motifs is 1. The number of carbonyl (C=O) groups is 1. The monoisotopic (exact) mass is 469 g/mol. The third-order valence-electron chi connectivity index (χ3n) is 6.11. The summed E-state index contributed by atoms with van der Waals surface area (Å²) in [5, 5.41) is 9.66. The van der Waals surface area contributed by atoms with E-state index >= 15 is 0 Å². The van der Waals surface area contributed by atoms with Crippen LogP contribution in [0.25, 0.3) is 11.4 Å². The topological polar surface area (TPSA) is 73.1 Å². The van der Waals surface area contributed by atoms with Crippen molar-refractivity contribution >= 4 is 23.4 Å². The van der Waals surface area contributed by atoms with Crippen LogP contribution in [-0.4, -0.2) is 38.0 Å². The molecule has 4 aromatic rings. The lowest BCUT2D eigenvalue weighted by molar-refractivity contribution is -0.117. The summed E-state index contributed by atoms with van der Waals surface area (Å²) < 4.78 is 8.18. The number of thioether (sulfide) groups is 1. The molecule has 2 aliphatic rings. The van der Waals surface area contributed by atoms with Crippen molar-refractivity contribution in [2.24, 2.45) is 0 Å². The minimum atomic E-state index is -0.184. The molecule has 1 atom stereocenters. The van der Waals surface area contributed by atoms with Crippen LogP contribution in [0.4, 0.5) is 5.69 Å². The summed E-state index contributed by atoms with van der Waals surface area (Å²) in [5.41, 5.74) is 2.79. The third-order valence-corrected chi connectivity index (χ3v) is 7.04. The highest BCUT2D eigenvalue weighted by molar-refractivity contribution is 7.99. The van der Waals surface area contributed by atoms with Gasteiger partial charge in [0.15, 0.2) is 11.0 Å². The van der Waals surface area contributed by atoms with E-state index in [0.717, 1.165) is 46.4 Å². The number of hydrogen-bond donors (Lipinski definition) is 0. The maximum Gasteiger partial charge on any atom is 0.238 e. The van der Waals surface area contributed by atoms with E-state index in [4.69, 9.17) is 4.74 Å². The molecule has 2 aromatic heterocycles. The lowest BCUT2D eigenvalue weighted by atomic mass is 10.0. The molecule has 1 unspecified atom stereocenters. The molecular weight excluding hydrogens is 446 g/mol. The van der Waals surface area contributed by atoms with E-state index in [2.05, 4.69) is 19.7 Å². The molecule has 7 nitrogen and oxygen atoms in total. The van der Waals surface area contributed by atoms with Crippen molar-refractivity contribution in [1.82, 2.24) is 19.7 Å². The summed E-state index contributed by atoms with van der Waals surface area (Å²) in [6.07, 6.45) is 5.75. The zero-order valence-electron chi connectivity index (χ0n) is 18.4. The second kappa shape index (κ2) is 8.95. The quantitative estimate of drug-likeness (QED) is 0.373. The number of rotatable bonds is 6. The molecule has 1 saturated carbocycles. The summed E-state index contributed by atoms with van der Waals surface area (Å²) in [5.74, 6) is 1.82. The van der Waals surface area contributed by atoms with Crippen molar-refractivity contribution in [3.05, 3.63) is 84.7 Å². The van der Waals surface area contributed by atoms with E-state index in [0.29, 0.717) is 12.6 Å². The average molecular weight is 470 g/mol. The molecule has 2 aromatic carbocycles. The Labute approximate surface area is 201 Å². The van der Waals surface area contributed by atoms with E-state index in [1.807, 2.05) is 71.6 Å². The van der Waals surface area contributed by atoms with E-state index in [9.17, 15) is 4.79 Å². The summed E-state index contributed by atoms with van der Waals surface area (Å²) in [4.78, 5) is 19.8. The number of aromatic nitrogens is 4. The largest absolute Gasteiger partial charge is 0.489 e. The normalized spacial score (nSPS) is 17.2. The van der Waals surface area contributed by atoms with Gasteiger partial charge in [-0.15, -0.1) is 10.2 Å². The van der Waals surface area contributed by atoms with Gasteiger partial charge in [-0.05, 0) is 42.7 Å². The first-order valence-electron chi connectivity index (χ1n) is 11.4. The maximum absolute atomic E-state index is 13.7. The highest BCUT2D eigenvalue weighted by atomic mass is 32.2. The van der Waals surface area contributed by atoms with E-state index in [1.54, 1.807) is 12.4 Å². The zero-order valence-corrected chi connectivity index (χ0v) is 19.3. The van der Waals surface area contributed by atoms with Crippen LogP contribution in [0, 0.1) is 0 Å². The first-order chi connectivity index (χ1) is 16.8. The van der Waals surface area contributed by atoms with Crippen molar-refractivity contribution in [3.8, 4) is 17.1 Å². The molecule has 0 saturated heterocycles. The van der Waals surface area contributed by atoms with Gasteiger partial charge >= 0.3 is 0 Å². The molecule has 8 heteroatoms. The van der Waals surface area contributed by atoms with E-state index in [1.165, 1.54) is 11.8 Å². The van der Waals surface area contributed by atoms with Crippen LogP contribution < -0.4 is 9.64 Å². The van der Waals surface area contributed by atoms with E-state index < -0.39 is 0 Å². The molecule has 3 heterocycles. The van der Waals surface area contributed by atoms with Crippen LogP contribution in [0.15, 0.2) is 84.3 Å². The van der Waals surface area contributed by atoms with Crippen molar-refractivity contribution in [2.45, 2.75) is 30.1 Å². The van der Waals surface area contributed by atoms with Gasteiger partial charge in [-0.2, -0.15) is 0 Å². The molecule has 1 aliphatic heterocycles. The van der Waals surface area contributed by atoms with Gasteiger partial charge in [0.25, 0.3) is 0 Å². The second-order valence-electron chi connectivity index (χ2n) is 8.41. The minimum absolute atomic E-state index is 0.0166. The molecule has 0 radical (unpaired) electrons. The minimum Gasteiger partial charge on any atom is -0.489 e. The summed E-state index contributed by atoms with van der Waals surface area (Å²) in [6.45, 7) is 0.418. The smallest absolute Gasteiger partial charge is 0.238 e. The molecule has 1 amide bonds. The summed E-state index contributed by atoms with van der Waals surface area (Å²) >= 11 is 1.44. The van der Waals surface area contributed by atoms with Crippen molar-refractivity contribution < 1.29 is 9.53 Å². The molecule has 0 spiro atoms. The van der Waals surface area contributed by atoms with Crippen LogP contribution in [0.5, 0.6) is 5.75 Å². The van der Waals surface area contributed by atoms with Crippen LogP contribution in [0.3, 0.4) is 0 Å². The SMILES string of the molecule is O=C(CSc1nnc(-c2cccnc2)n1C1CC1)N1c2ccccc2OCC1c1ccccc1. The molecule has 0 bridgehead atoms. The number of para-hydroxylation sites is 2. The van der Waals surface area contributed by atoms with Gasteiger partial charge in [-0.1, -0.05) is 54.2 Å². The Morgan fingerprint density at radius 1 is 1.00 bits per heavy atom.